The van der Waals surface area contributed by atoms with E-state index in [1.54, 1.807) is 0 Å². The van der Waals surface area contributed by atoms with Crippen molar-refractivity contribution < 1.29 is 9.53 Å². The second kappa shape index (κ2) is 14.5. The summed E-state index contributed by atoms with van der Waals surface area (Å²) in [5.74, 6) is 0. The molecule has 0 spiro atoms. The van der Waals surface area contributed by atoms with Gasteiger partial charge in [0.25, 0.3) is 0 Å². The van der Waals surface area contributed by atoms with E-state index in [9.17, 15) is 4.79 Å². The summed E-state index contributed by atoms with van der Waals surface area (Å²) in [7, 11) is 0. The summed E-state index contributed by atoms with van der Waals surface area (Å²) in [6, 6.07) is 56.7. The van der Waals surface area contributed by atoms with Crippen LogP contribution in [0.4, 0.5) is 10.5 Å². The first-order valence-corrected chi connectivity index (χ1v) is 17.7. The van der Waals surface area contributed by atoms with E-state index in [0.29, 0.717) is 0 Å². The zero-order chi connectivity index (χ0) is 34.5. The minimum absolute atomic E-state index is 0.120. The monoisotopic (exact) mass is 668 g/mol. The average Bonchev–Trinajstić information content (AvgIpc) is 3.61. The highest BCUT2D eigenvalue weighted by Gasteiger charge is 2.39. The van der Waals surface area contributed by atoms with Gasteiger partial charge in [-0.1, -0.05) is 146 Å². The highest BCUT2D eigenvalue weighted by atomic mass is 16.6. The lowest BCUT2D eigenvalue weighted by molar-refractivity contribution is 0.0567. The molecular formula is C45H40N4O2. The molecule has 252 valence electrons. The summed E-state index contributed by atoms with van der Waals surface area (Å²) in [5, 5.41) is 2.98. The molecule has 0 bridgehead atoms. The average molecular weight is 669 g/mol. The molecule has 6 nitrogen and oxygen atoms in total. The third-order valence-corrected chi connectivity index (χ3v) is 10.0. The number of para-hydroxylation sites is 1. The Kier molecular flexibility index (Phi) is 9.15. The van der Waals surface area contributed by atoms with E-state index < -0.39 is 11.6 Å². The molecule has 8 rings (SSSR count). The van der Waals surface area contributed by atoms with Gasteiger partial charge in [0, 0.05) is 25.2 Å². The molecule has 7 aromatic rings. The van der Waals surface area contributed by atoms with Crippen LogP contribution in [0.1, 0.15) is 35.1 Å². The molecule has 1 fully saturated rings. The maximum Gasteiger partial charge on any atom is 0.411 e. The molecule has 0 saturated carbocycles. The number of hydrogen-bond acceptors (Lipinski definition) is 4. The van der Waals surface area contributed by atoms with Crippen LogP contribution >= 0.6 is 0 Å². The van der Waals surface area contributed by atoms with Crippen LogP contribution in [0, 0.1) is 0 Å². The lowest BCUT2D eigenvalue weighted by Gasteiger charge is -2.38. The molecular weight excluding hydrogens is 629 g/mol. The summed E-state index contributed by atoms with van der Waals surface area (Å²) in [6.07, 6.45) is 3.05. The second-order valence-electron chi connectivity index (χ2n) is 13.2. The van der Waals surface area contributed by atoms with E-state index in [1.807, 2.05) is 60.9 Å². The number of carbonyl (C=O) groups excluding carboxylic acids is 1. The Morgan fingerprint density at radius 1 is 0.686 bits per heavy atom. The van der Waals surface area contributed by atoms with Crippen LogP contribution < -0.4 is 5.32 Å². The number of amides is 1. The van der Waals surface area contributed by atoms with E-state index >= 15 is 0 Å². The number of anilines is 1. The van der Waals surface area contributed by atoms with Crippen LogP contribution in [0.25, 0.3) is 22.2 Å². The molecule has 6 aromatic carbocycles. The molecule has 2 heterocycles. The highest BCUT2D eigenvalue weighted by Crippen LogP contribution is 2.42. The van der Waals surface area contributed by atoms with Crippen molar-refractivity contribution in [2.75, 3.05) is 18.4 Å². The van der Waals surface area contributed by atoms with Gasteiger partial charge in [-0.2, -0.15) is 0 Å². The van der Waals surface area contributed by atoms with Gasteiger partial charge in [0.05, 0.1) is 23.0 Å². The van der Waals surface area contributed by atoms with Crippen molar-refractivity contribution in [1.82, 2.24) is 14.5 Å². The first kappa shape index (κ1) is 32.2. The van der Waals surface area contributed by atoms with Crippen molar-refractivity contribution in [3.05, 3.63) is 192 Å². The Hall–Kier alpha value is -5.98. The molecule has 6 heteroatoms. The van der Waals surface area contributed by atoms with Crippen molar-refractivity contribution in [3.63, 3.8) is 0 Å². The minimum atomic E-state index is -0.613. The molecule has 0 atom stereocenters. The molecule has 0 aliphatic carbocycles. The number of piperidine rings is 1. The SMILES string of the molecule is O=C(Nc1ccccc1-c1ccccc1)OC1CCN(Cc2ccc3c(c2)ncn3C(c2ccccc2)(c2ccccc2)c2ccccc2)CC1. The number of rotatable bonds is 9. The number of nitrogens with zero attached hydrogens (tertiary/aromatic N) is 3. The summed E-state index contributed by atoms with van der Waals surface area (Å²) in [6.45, 7) is 2.52. The number of imidazole rings is 1. The molecule has 1 aromatic heterocycles. The Labute approximate surface area is 299 Å². The first-order chi connectivity index (χ1) is 25.2. The first-order valence-electron chi connectivity index (χ1n) is 17.7. The Balaban J connectivity index is 0.980. The number of hydrogen-bond donors (Lipinski definition) is 1. The molecule has 1 amide bonds. The quantitative estimate of drug-likeness (QED) is 0.156. The normalized spacial score (nSPS) is 14.0. The lowest BCUT2D eigenvalue weighted by Crippen LogP contribution is -2.38. The van der Waals surface area contributed by atoms with Gasteiger partial charge in [-0.05, 0) is 58.9 Å². The van der Waals surface area contributed by atoms with E-state index in [2.05, 4.69) is 124 Å². The molecule has 1 saturated heterocycles. The lowest BCUT2D eigenvalue weighted by atomic mass is 9.76. The fourth-order valence-corrected chi connectivity index (χ4v) is 7.58. The van der Waals surface area contributed by atoms with E-state index in [1.165, 1.54) is 22.3 Å². The molecule has 0 radical (unpaired) electrons. The van der Waals surface area contributed by atoms with Crippen LogP contribution in [0.5, 0.6) is 0 Å². The fourth-order valence-electron chi connectivity index (χ4n) is 7.58. The second-order valence-corrected chi connectivity index (χ2v) is 13.2. The summed E-state index contributed by atoms with van der Waals surface area (Å²) >= 11 is 0. The molecule has 0 unspecified atom stereocenters. The number of ether oxygens (including phenoxy) is 1. The van der Waals surface area contributed by atoms with Gasteiger partial charge in [0.2, 0.25) is 0 Å². The Bertz CT molecular complexity index is 2110. The molecule has 1 N–H and O–H groups in total. The maximum absolute atomic E-state index is 12.9. The minimum Gasteiger partial charge on any atom is -0.446 e. The fraction of sp³-hybridized carbons (Fsp3) is 0.156. The number of aromatic nitrogens is 2. The van der Waals surface area contributed by atoms with Crippen molar-refractivity contribution >= 4 is 22.8 Å². The number of carbonyl (C=O) groups is 1. The van der Waals surface area contributed by atoms with Gasteiger partial charge >= 0.3 is 6.09 Å². The van der Waals surface area contributed by atoms with Gasteiger partial charge in [-0.25, -0.2) is 9.78 Å². The van der Waals surface area contributed by atoms with Crippen molar-refractivity contribution in [1.29, 1.82) is 0 Å². The topological polar surface area (TPSA) is 59.4 Å². The smallest absolute Gasteiger partial charge is 0.411 e. The summed E-state index contributed by atoms with van der Waals surface area (Å²) in [4.78, 5) is 20.4. The zero-order valence-corrected chi connectivity index (χ0v) is 28.4. The standard InChI is InChI=1S/C45H40N4O2/c50-44(47-41-24-14-13-23-40(41)35-15-5-1-6-16-35)51-39-27-29-48(30-28-39)32-34-25-26-43-42(31-34)46-33-49(43)45(36-17-7-2-8-18-36,37-19-9-3-10-20-37)38-21-11-4-12-22-38/h1-26,31,33,39H,27-30,32H2,(H,47,50). The number of benzene rings is 6. The van der Waals surface area contributed by atoms with Crippen LogP contribution in [0.3, 0.4) is 0 Å². The largest absolute Gasteiger partial charge is 0.446 e. The number of nitrogens with one attached hydrogen (secondary N) is 1. The third-order valence-electron chi connectivity index (χ3n) is 10.0. The van der Waals surface area contributed by atoms with E-state index in [0.717, 1.165) is 60.3 Å². The predicted octanol–water partition coefficient (Wildman–Crippen LogP) is 9.76. The van der Waals surface area contributed by atoms with Gasteiger partial charge in [-0.3, -0.25) is 10.2 Å². The van der Waals surface area contributed by atoms with Crippen LogP contribution in [-0.2, 0) is 16.8 Å². The number of fused-ring (bicyclic) bond motifs is 1. The molecule has 1 aliphatic rings. The Morgan fingerprint density at radius 3 is 1.84 bits per heavy atom. The van der Waals surface area contributed by atoms with Crippen LogP contribution in [0.2, 0.25) is 0 Å². The third kappa shape index (κ3) is 6.54. The molecule has 51 heavy (non-hydrogen) atoms. The summed E-state index contributed by atoms with van der Waals surface area (Å²) in [5.41, 5.74) is 8.92. The number of likely N-dealkylation sites (tertiary alicyclic amines) is 1. The van der Waals surface area contributed by atoms with E-state index in [4.69, 9.17) is 9.72 Å². The van der Waals surface area contributed by atoms with Gasteiger partial charge in [0.15, 0.2) is 0 Å². The van der Waals surface area contributed by atoms with Crippen molar-refractivity contribution in [2.24, 2.45) is 0 Å². The van der Waals surface area contributed by atoms with Gasteiger partial charge < -0.3 is 9.30 Å². The Morgan fingerprint density at radius 2 is 1.24 bits per heavy atom. The maximum atomic E-state index is 12.9. The van der Waals surface area contributed by atoms with Gasteiger partial charge in [-0.15, -0.1) is 0 Å². The molecule has 1 aliphatic heterocycles. The van der Waals surface area contributed by atoms with E-state index in [-0.39, 0.29) is 6.10 Å². The van der Waals surface area contributed by atoms with Gasteiger partial charge in [0.1, 0.15) is 11.6 Å². The van der Waals surface area contributed by atoms with Crippen LogP contribution in [-0.4, -0.2) is 39.7 Å². The predicted molar refractivity (Wildman–Crippen MR) is 205 cm³/mol. The van der Waals surface area contributed by atoms with Crippen molar-refractivity contribution in [3.8, 4) is 11.1 Å². The van der Waals surface area contributed by atoms with Crippen molar-refractivity contribution in [2.45, 2.75) is 31.0 Å². The summed E-state index contributed by atoms with van der Waals surface area (Å²) < 4.78 is 8.23. The zero-order valence-electron chi connectivity index (χ0n) is 28.4. The highest BCUT2D eigenvalue weighted by molar-refractivity contribution is 5.91. The van der Waals surface area contributed by atoms with Crippen LogP contribution in [0.15, 0.2) is 170 Å².